The third kappa shape index (κ3) is 1.95. The second-order valence-electron chi connectivity index (χ2n) is 3.61. The zero-order valence-electron chi connectivity index (χ0n) is 9.25. The van der Waals surface area contributed by atoms with Crippen LogP contribution < -0.4 is 11.1 Å². The summed E-state index contributed by atoms with van der Waals surface area (Å²) in [6.45, 7) is 1.98. The lowest BCUT2D eigenvalue weighted by Crippen LogP contribution is -2.13. The lowest BCUT2D eigenvalue weighted by Gasteiger charge is -2.14. The number of pyridine rings is 1. The van der Waals surface area contributed by atoms with Gasteiger partial charge in [0.15, 0.2) is 5.82 Å². The molecule has 84 valence electrons. The average Bonchev–Trinajstić information content (AvgIpc) is 2.68. The summed E-state index contributed by atoms with van der Waals surface area (Å²) in [4.78, 5) is 4.16. The summed E-state index contributed by atoms with van der Waals surface area (Å²) in [6.07, 6.45) is 3.36. The molecule has 16 heavy (non-hydrogen) atoms. The van der Waals surface area contributed by atoms with Gasteiger partial charge in [-0.05, 0) is 19.1 Å². The summed E-state index contributed by atoms with van der Waals surface area (Å²) >= 11 is 0. The van der Waals surface area contributed by atoms with Crippen molar-refractivity contribution >= 4 is 11.5 Å². The first-order valence-corrected chi connectivity index (χ1v) is 4.99. The van der Waals surface area contributed by atoms with Gasteiger partial charge in [0.05, 0.1) is 11.7 Å². The molecule has 2 aromatic heterocycles. The summed E-state index contributed by atoms with van der Waals surface area (Å²) in [7, 11) is 1.90. The number of aryl methyl sites for hydroxylation is 1. The molecule has 1 atom stereocenters. The minimum Gasteiger partial charge on any atom is -0.396 e. The van der Waals surface area contributed by atoms with Gasteiger partial charge in [0, 0.05) is 13.2 Å². The molecule has 3 N–H and O–H groups in total. The lowest BCUT2D eigenvalue weighted by atomic mass is 10.3. The summed E-state index contributed by atoms with van der Waals surface area (Å²) in [6, 6.07) is 3.61. The van der Waals surface area contributed by atoms with Crippen molar-refractivity contribution in [3.8, 4) is 0 Å². The largest absolute Gasteiger partial charge is 0.396 e. The molecule has 2 heterocycles. The molecule has 0 amide bonds. The van der Waals surface area contributed by atoms with Gasteiger partial charge in [-0.3, -0.25) is 0 Å². The Labute approximate surface area is 93.5 Å². The van der Waals surface area contributed by atoms with Gasteiger partial charge >= 0.3 is 0 Å². The first-order valence-electron chi connectivity index (χ1n) is 4.99. The van der Waals surface area contributed by atoms with E-state index in [2.05, 4.69) is 20.5 Å². The Balaban J connectivity index is 2.17. The minimum absolute atomic E-state index is 0.00435. The highest BCUT2D eigenvalue weighted by molar-refractivity contribution is 5.60. The van der Waals surface area contributed by atoms with Crippen LogP contribution in [-0.2, 0) is 7.05 Å². The number of nitrogen functional groups attached to an aromatic ring is 1. The third-order valence-corrected chi connectivity index (χ3v) is 2.33. The van der Waals surface area contributed by atoms with Gasteiger partial charge in [0.25, 0.3) is 0 Å². The van der Waals surface area contributed by atoms with E-state index in [1.807, 2.05) is 18.5 Å². The van der Waals surface area contributed by atoms with Crippen LogP contribution in [0.2, 0.25) is 0 Å². The molecule has 0 aliphatic heterocycles. The Bertz CT molecular complexity index is 478. The molecule has 2 aromatic rings. The Morgan fingerprint density at radius 2 is 2.31 bits per heavy atom. The van der Waals surface area contributed by atoms with E-state index < -0.39 is 0 Å². The van der Waals surface area contributed by atoms with Crippen molar-refractivity contribution in [2.45, 2.75) is 13.0 Å². The molecule has 0 spiro atoms. The molecule has 0 radical (unpaired) electrons. The van der Waals surface area contributed by atoms with Crippen LogP contribution in [0.4, 0.5) is 11.5 Å². The van der Waals surface area contributed by atoms with Gasteiger partial charge < -0.3 is 15.6 Å². The predicted molar refractivity (Wildman–Crippen MR) is 61.7 cm³/mol. The Hall–Kier alpha value is -2.11. The summed E-state index contributed by atoms with van der Waals surface area (Å²) in [5, 5.41) is 11.0. The molecule has 6 heteroatoms. The Morgan fingerprint density at radius 1 is 1.50 bits per heavy atom. The minimum atomic E-state index is 0.00435. The fourth-order valence-corrected chi connectivity index (χ4v) is 1.49. The second kappa shape index (κ2) is 4.18. The summed E-state index contributed by atoms with van der Waals surface area (Å²) in [5.74, 6) is 1.50. The molecule has 0 aromatic carbocycles. The van der Waals surface area contributed by atoms with Crippen LogP contribution in [0, 0.1) is 0 Å². The molecule has 1 unspecified atom stereocenters. The molecule has 0 saturated heterocycles. The van der Waals surface area contributed by atoms with E-state index >= 15 is 0 Å². The van der Waals surface area contributed by atoms with E-state index in [9.17, 15) is 0 Å². The highest BCUT2D eigenvalue weighted by atomic mass is 15.3. The van der Waals surface area contributed by atoms with Crippen LogP contribution in [0.1, 0.15) is 18.8 Å². The molecule has 0 fully saturated rings. The maximum atomic E-state index is 5.79. The van der Waals surface area contributed by atoms with Gasteiger partial charge in [0.1, 0.15) is 12.1 Å². The first-order chi connectivity index (χ1) is 7.68. The van der Waals surface area contributed by atoms with E-state index in [4.69, 9.17) is 5.73 Å². The number of nitrogens with zero attached hydrogens (tertiary/aromatic N) is 4. The number of hydrogen-bond donors (Lipinski definition) is 2. The first kappa shape index (κ1) is 10.4. The molecular formula is C10H14N6. The third-order valence-electron chi connectivity index (χ3n) is 2.33. The number of rotatable bonds is 3. The second-order valence-corrected chi connectivity index (χ2v) is 3.61. The van der Waals surface area contributed by atoms with E-state index in [1.54, 1.807) is 24.7 Å². The van der Waals surface area contributed by atoms with Crippen molar-refractivity contribution < 1.29 is 0 Å². The van der Waals surface area contributed by atoms with E-state index in [0.717, 1.165) is 5.82 Å². The van der Waals surface area contributed by atoms with Crippen molar-refractivity contribution in [3.63, 3.8) is 0 Å². The number of nitrogens with two attached hydrogens (primary N) is 1. The maximum Gasteiger partial charge on any atom is 0.154 e. The molecule has 0 saturated carbocycles. The standard InChI is InChI=1S/C10H14N6/c1-7(10-15-13-6-16(10)2)14-9-8(11)4-3-5-12-9/h3-7H,11H2,1-2H3,(H,12,14). The molecule has 6 nitrogen and oxygen atoms in total. The zero-order valence-corrected chi connectivity index (χ0v) is 9.25. The molecule has 0 aliphatic carbocycles. The summed E-state index contributed by atoms with van der Waals surface area (Å²) in [5.41, 5.74) is 6.41. The van der Waals surface area contributed by atoms with Crippen molar-refractivity contribution in [3.05, 3.63) is 30.5 Å². The molecule has 0 aliphatic rings. The quantitative estimate of drug-likeness (QED) is 0.802. The normalized spacial score (nSPS) is 12.4. The van der Waals surface area contributed by atoms with Crippen molar-refractivity contribution in [2.24, 2.45) is 7.05 Å². The van der Waals surface area contributed by atoms with Crippen LogP contribution in [0.5, 0.6) is 0 Å². The maximum absolute atomic E-state index is 5.79. The SMILES string of the molecule is CC(Nc1ncccc1N)c1nncn1C. The Morgan fingerprint density at radius 3 is 2.94 bits per heavy atom. The topological polar surface area (TPSA) is 81.7 Å². The van der Waals surface area contributed by atoms with Crippen LogP contribution in [0.15, 0.2) is 24.7 Å². The van der Waals surface area contributed by atoms with Crippen molar-refractivity contribution in [1.29, 1.82) is 0 Å². The predicted octanol–water partition coefficient (Wildman–Crippen LogP) is 0.965. The molecule has 0 bridgehead atoms. The van der Waals surface area contributed by atoms with Gasteiger partial charge in [-0.1, -0.05) is 0 Å². The molecule has 2 rings (SSSR count). The number of anilines is 2. The van der Waals surface area contributed by atoms with E-state index in [1.165, 1.54) is 0 Å². The zero-order chi connectivity index (χ0) is 11.5. The number of aromatic nitrogens is 4. The fraction of sp³-hybridized carbons (Fsp3) is 0.300. The van der Waals surface area contributed by atoms with Crippen LogP contribution in [0.25, 0.3) is 0 Å². The summed E-state index contributed by atoms with van der Waals surface area (Å²) < 4.78 is 1.86. The van der Waals surface area contributed by atoms with Crippen LogP contribution in [-0.4, -0.2) is 19.7 Å². The van der Waals surface area contributed by atoms with Crippen LogP contribution in [0.3, 0.4) is 0 Å². The monoisotopic (exact) mass is 218 g/mol. The average molecular weight is 218 g/mol. The van der Waals surface area contributed by atoms with Gasteiger partial charge in [-0.25, -0.2) is 4.98 Å². The van der Waals surface area contributed by atoms with Gasteiger partial charge in [-0.2, -0.15) is 0 Å². The number of nitrogens with one attached hydrogen (secondary N) is 1. The van der Waals surface area contributed by atoms with Crippen molar-refractivity contribution in [2.75, 3.05) is 11.1 Å². The van der Waals surface area contributed by atoms with Gasteiger partial charge in [-0.15, -0.1) is 10.2 Å². The van der Waals surface area contributed by atoms with E-state index in [-0.39, 0.29) is 6.04 Å². The van der Waals surface area contributed by atoms with Crippen LogP contribution >= 0.6 is 0 Å². The van der Waals surface area contributed by atoms with Crippen molar-refractivity contribution in [1.82, 2.24) is 19.7 Å². The highest BCUT2D eigenvalue weighted by Crippen LogP contribution is 2.19. The van der Waals surface area contributed by atoms with Gasteiger partial charge in [0.2, 0.25) is 0 Å². The number of hydrogen-bond acceptors (Lipinski definition) is 5. The van der Waals surface area contributed by atoms with E-state index in [0.29, 0.717) is 11.5 Å². The lowest BCUT2D eigenvalue weighted by molar-refractivity contribution is 0.717. The Kier molecular flexibility index (Phi) is 2.72. The molecular weight excluding hydrogens is 204 g/mol. The fourth-order valence-electron chi connectivity index (χ4n) is 1.49. The highest BCUT2D eigenvalue weighted by Gasteiger charge is 2.12. The smallest absolute Gasteiger partial charge is 0.154 e.